The zero-order valence-corrected chi connectivity index (χ0v) is 16.0. The van der Waals surface area contributed by atoms with E-state index in [4.69, 9.17) is 0 Å². The van der Waals surface area contributed by atoms with Crippen LogP contribution in [0.3, 0.4) is 0 Å². The summed E-state index contributed by atoms with van der Waals surface area (Å²) in [5.74, 6) is 0.815. The molecule has 0 saturated carbocycles. The number of carbonyl (C=O) groups is 1. The topological polar surface area (TPSA) is 61.9 Å². The van der Waals surface area contributed by atoms with Gasteiger partial charge in [-0.3, -0.25) is 9.69 Å². The van der Waals surface area contributed by atoms with Crippen LogP contribution >= 0.6 is 0 Å². The van der Waals surface area contributed by atoms with Crippen molar-refractivity contribution >= 4 is 28.2 Å². The molecule has 1 aliphatic heterocycles. The van der Waals surface area contributed by atoms with Gasteiger partial charge >= 0.3 is 0 Å². The number of rotatable bonds is 2. The van der Waals surface area contributed by atoms with Crippen molar-refractivity contribution in [1.82, 2.24) is 15.0 Å². The monoisotopic (exact) mass is 368 g/mol. The minimum atomic E-state index is -0.587. The molecule has 0 atom stereocenters. The van der Waals surface area contributed by atoms with Crippen LogP contribution in [0.5, 0.6) is 0 Å². The van der Waals surface area contributed by atoms with Crippen molar-refractivity contribution in [3.05, 3.63) is 72.4 Å². The lowest BCUT2D eigenvalue weighted by Crippen LogP contribution is -2.33. The maximum absolute atomic E-state index is 13.4. The van der Waals surface area contributed by atoms with Gasteiger partial charge in [0.1, 0.15) is 5.82 Å². The quantitative estimate of drug-likeness (QED) is 0.548. The predicted octanol–water partition coefficient (Wildman–Crippen LogP) is 4.89. The first-order valence-corrected chi connectivity index (χ1v) is 9.31. The fourth-order valence-corrected chi connectivity index (χ4v) is 3.97. The molecule has 3 heterocycles. The molecule has 1 N–H and O–H groups in total. The SMILES string of the molecule is Cc1ncc(-c2ccc3c(c2)N(c2cccc4[nH]ccc24)C(=O)C3(C)C)cn1. The third kappa shape index (κ3) is 2.29. The summed E-state index contributed by atoms with van der Waals surface area (Å²) in [6, 6.07) is 14.2. The van der Waals surface area contributed by atoms with Gasteiger partial charge in [-0.1, -0.05) is 18.2 Å². The number of aromatic nitrogens is 3. The Bertz CT molecular complexity index is 1220. The summed E-state index contributed by atoms with van der Waals surface area (Å²) < 4.78 is 0. The van der Waals surface area contributed by atoms with Crippen LogP contribution in [0.4, 0.5) is 11.4 Å². The van der Waals surface area contributed by atoms with Gasteiger partial charge in [0.2, 0.25) is 5.91 Å². The summed E-state index contributed by atoms with van der Waals surface area (Å²) in [4.78, 5) is 27.1. The van der Waals surface area contributed by atoms with E-state index in [1.165, 1.54) is 0 Å². The first-order chi connectivity index (χ1) is 13.5. The van der Waals surface area contributed by atoms with Crippen LogP contribution < -0.4 is 4.90 Å². The molecule has 5 heteroatoms. The second-order valence-corrected chi connectivity index (χ2v) is 7.73. The smallest absolute Gasteiger partial charge is 0.241 e. The molecule has 0 saturated heterocycles. The van der Waals surface area contributed by atoms with Gasteiger partial charge < -0.3 is 4.98 Å². The molecule has 0 bridgehead atoms. The number of carbonyl (C=O) groups excluding carboxylic acids is 1. The molecular formula is C23H20N4O. The molecule has 2 aromatic carbocycles. The number of fused-ring (bicyclic) bond motifs is 2. The standard InChI is InChI=1S/C23H20N4O/c1-14-25-12-16(13-26-14)15-7-8-18-21(11-15)27(22(28)23(18,2)3)20-6-4-5-19-17(20)9-10-24-19/h4-13,24H,1-3H3. The van der Waals surface area contributed by atoms with Crippen LogP contribution in [0.15, 0.2) is 61.1 Å². The minimum Gasteiger partial charge on any atom is -0.361 e. The van der Waals surface area contributed by atoms with Gasteiger partial charge in [0.05, 0.1) is 16.8 Å². The maximum atomic E-state index is 13.4. The lowest BCUT2D eigenvalue weighted by molar-refractivity contribution is -0.121. The second kappa shape index (κ2) is 5.76. The van der Waals surface area contributed by atoms with E-state index in [0.717, 1.165) is 44.8 Å². The van der Waals surface area contributed by atoms with Gasteiger partial charge in [-0.05, 0) is 56.2 Å². The van der Waals surface area contributed by atoms with Gasteiger partial charge in [-0.15, -0.1) is 0 Å². The van der Waals surface area contributed by atoms with Gasteiger partial charge in [-0.2, -0.15) is 0 Å². The number of H-pyrrole nitrogens is 1. The van der Waals surface area contributed by atoms with Crippen LogP contribution in [0.25, 0.3) is 22.0 Å². The number of hydrogen-bond donors (Lipinski definition) is 1. The van der Waals surface area contributed by atoms with Crippen molar-refractivity contribution in [1.29, 1.82) is 0 Å². The maximum Gasteiger partial charge on any atom is 0.241 e. The van der Waals surface area contributed by atoms with E-state index in [0.29, 0.717) is 0 Å². The average Bonchev–Trinajstić information content (AvgIpc) is 3.24. The van der Waals surface area contributed by atoms with Crippen molar-refractivity contribution in [3.8, 4) is 11.1 Å². The van der Waals surface area contributed by atoms with E-state index in [1.807, 2.05) is 74.6 Å². The number of benzene rings is 2. The van der Waals surface area contributed by atoms with Crippen LogP contribution in [0.1, 0.15) is 25.2 Å². The van der Waals surface area contributed by atoms with Crippen LogP contribution in [-0.4, -0.2) is 20.9 Å². The molecule has 2 aromatic heterocycles. The van der Waals surface area contributed by atoms with E-state index in [-0.39, 0.29) is 5.91 Å². The van der Waals surface area contributed by atoms with E-state index in [9.17, 15) is 4.79 Å². The van der Waals surface area contributed by atoms with Crippen LogP contribution in [-0.2, 0) is 10.2 Å². The Morgan fingerprint density at radius 1 is 0.964 bits per heavy atom. The Morgan fingerprint density at radius 3 is 2.54 bits per heavy atom. The van der Waals surface area contributed by atoms with Crippen molar-refractivity contribution in [3.63, 3.8) is 0 Å². The molecule has 4 aromatic rings. The Kier molecular flexibility index (Phi) is 3.43. The van der Waals surface area contributed by atoms with E-state index < -0.39 is 5.41 Å². The van der Waals surface area contributed by atoms with Crippen molar-refractivity contribution in [2.45, 2.75) is 26.2 Å². The number of nitrogens with zero attached hydrogens (tertiary/aromatic N) is 3. The average molecular weight is 368 g/mol. The molecule has 28 heavy (non-hydrogen) atoms. The number of anilines is 2. The molecule has 0 spiro atoms. The lowest BCUT2D eigenvalue weighted by atomic mass is 9.85. The molecule has 138 valence electrons. The number of aromatic amines is 1. The number of nitrogens with one attached hydrogen (secondary N) is 1. The lowest BCUT2D eigenvalue weighted by Gasteiger charge is -2.21. The number of hydrogen-bond acceptors (Lipinski definition) is 3. The third-order valence-corrected chi connectivity index (χ3v) is 5.58. The number of aryl methyl sites for hydroxylation is 1. The van der Waals surface area contributed by atoms with Crippen molar-refractivity contribution < 1.29 is 4.79 Å². The highest BCUT2D eigenvalue weighted by Gasteiger charge is 2.45. The highest BCUT2D eigenvalue weighted by atomic mass is 16.2. The normalized spacial score (nSPS) is 15.2. The van der Waals surface area contributed by atoms with Gasteiger partial charge in [0, 0.05) is 35.1 Å². The number of amides is 1. The Labute approximate surface area is 163 Å². The molecule has 5 rings (SSSR count). The summed E-state index contributed by atoms with van der Waals surface area (Å²) in [6.07, 6.45) is 5.55. The van der Waals surface area contributed by atoms with E-state index in [2.05, 4.69) is 27.1 Å². The molecule has 0 radical (unpaired) electrons. The Balaban J connectivity index is 1.73. The largest absolute Gasteiger partial charge is 0.361 e. The highest BCUT2D eigenvalue weighted by Crippen LogP contribution is 2.48. The first kappa shape index (κ1) is 16.7. The summed E-state index contributed by atoms with van der Waals surface area (Å²) in [5, 5.41) is 1.03. The third-order valence-electron chi connectivity index (χ3n) is 5.58. The Morgan fingerprint density at radius 2 is 1.75 bits per heavy atom. The molecule has 5 nitrogen and oxygen atoms in total. The fourth-order valence-electron chi connectivity index (χ4n) is 3.97. The van der Waals surface area contributed by atoms with Crippen molar-refractivity contribution in [2.24, 2.45) is 0 Å². The molecular weight excluding hydrogens is 348 g/mol. The Hall–Kier alpha value is -3.47. The molecule has 0 aliphatic carbocycles. The summed E-state index contributed by atoms with van der Waals surface area (Å²) >= 11 is 0. The van der Waals surface area contributed by atoms with Gasteiger partial charge in [-0.25, -0.2) is 9.97 Å². The molecule has 0 fully saturated rings. The van der Waals surface area contributed by atoms with Gasteiger partial charge in [0.15, 0.2) is 0 Å². The second-order valence-electron chi connectivity index (χ2n) is 7.73. The van der Waals surface area contributed by atoms with E-state index in [1.54, 1.807) is 0 Å². The molecule has 1 amide bonds. The van der Waals surface area contributed by atoms with E-state index >= 15 is 0 Å². The van der Waals surface area contributed by atoms with Crippen LogP contribution in [0.2, 0.25) is 0 Å². The fraction of sp³-hybridized carbons (Fsp3) is 0.174. The van der Waals surface area contributed by atoms with Crippen molar-refractivity contribution in [2.75, 3.05) is 4.90 Å². The molecule has 0 unspecified atom stereocenters. The zero-order valence-electron chi connectivity index (χ0n) is 16.0. The predicted molar refractivity (Wildman–Crippen MR) is 111 cm³/mol. The first-order valence-electron chi connectivity index (χ1n) is 9.31. The van der Waals surface area contributed by atoms with Gasteiger partial charge in [0.25, 0.3) is 0 Å². The highest BCUT2D eigenvalue weighted by molar-refractivity contribution is 6.16. The summed E-state index contributed by atoms with van der Waals surface area (Å²) in [6.45, 7) is 5.84. The minimum absolute atomic E-state index is 0.0773. The summed E-state index contributed by atoms with van der Waals surface area (Å²) in [5.41, 5.74) is 5.20. The van der Waals surface area contributed by atoms with Crippen LogP contribution in [0, 0.1) is 6.92 Å². The molecule has 1 aliphatic rings. The zero-order chi connectivity index (χ0) is 19.5. The summed E-state index contributed by atoms with van der Waals surface area (Å²) in [7, 11) is 0.